The molecule has 0 saturated carbocycles. The van der Waals surface area contributed by atoms with Crippen molar-refractivity contribution in [3.63, 3.8) is 0 Å². The molecule has 0 atom stereocenters. The number of anilines is 1. The van der Waals surface area contributed by atoms with Crippen molar-refractivity contribution >= 4 is 27.2 Å². The van der Waals surface area contributed by atoms with Crippen molar-refractivity contribution in [1.29, 1.82) is 0 Å². The SMILES string of the molecule is CN=C(NCCNc1ccc(S(C)(=O)=O)cc1[N+](=O)[O-])N1CCc2ccccc2C1. The van der Waals surface area contributed by atoms with Crippen LogP contribution in [0.15, 0.2) is 52.4 Å². The van der Waals surface area contributed by atoms with Gasteiger partial charge in [-0.15, -0.1) is 0 Å². The summed E-state index contributed by atoms with van der Waals surface area (Å²) < 4.78 is 23.3. The molecule has 2 N–H and O–H groups in total. The minimum atomic E-state index is -3.51. The van der Waals surface area contributed by atoms with E-state index in [2.05, 4.69) is 38.7 Å². The molecule has 0 bridgehead atoms. The smallest absolute Gasteiger partial charge is 0.293 e. The fraction of sp³-hybridized carbons (Fsp3) is 0.350. The number of benzene rings is 2. The van der Waals surface area contributed by atoms with E-state index in [1.807, 2.05) is 6.07 Å². The molecule has 1 aliphatic rings. The van der Waals surface area contributed by atoms with Crippen molar-refractivity contribution in [2.24, 2.45) is 4.99 Å². The largest absolute Gasteiger partial charge is 0.378 e. The standard InChI is InChI=1S/C20H25N5O4S/c1-21-20(24-12-9-15-5-3-4-6-16(15)14-24)23-11-10-22-18-8-7-17(30(2,28)29)13-19(18)25(26)27/h3-8,13,22H,9-12,14H2,1-2H3,(H,21,23). The number of hydrogen-bond acceptors (Lipinski definition) is 6. The Hall–Kier alpha value is -3.14. The van der Waals surface area contributed by atoms with Crippen LogP contribution in [-0.2, 0) is 22.8 Å². The monoisotopic (exact) mass is 431 g/mol. The lowest BCUT2D eigenvalue weighted by Crippen LogP contribution is -2.45. The van der Waals surface area contributed by atoms with Crippen LogP contribution in [0.4, 0.5) is 11.4 Å². The third-order valence-corrected chi connectivity index (χ3v) is 6.07. The number of rotatable bonds is 6. The van der Waals surface area contributed by atoms with Crippen LogP contribution in [-0.4, -0.2) is 57.1 Å². The maximum atomic E-state index is 11.6. The molecule has 0 saturated heterocycles. The van der Waals surface area contributed by atoms with E-state index < -0.39 is 14.8 Å². The maximum absolute atomic E-state index is 11.6. The van der Waals surface area contributed by atoms with Gasteiger partial charge in [-0.2, -0.15) is 0 Å². The number of nitrogens with zero attached hydrogens (tertiary/aromatic N) is 3. The predicted molar refractivity (Wildman–Crippen MR) is 117 cm³/mol. The third kappa shape index (κ3) is 5.07. The van der Waals surface area contributed by atoms with Crippen molar-refractivity contribution < 1.29 is 13.3 Å². The van der Waals surface area contributed by atoms with Gasteiger partial charge in [-0.1, -0.05) is 24.3 Å². The molecule has 0 spiro atoms. The second kappa shape index (κ2) is 9.12. The molecular weight excluding hydrogens is 406 g/mol. The molecular formula is C20H25N5O4S. The molecule has 0 fully saturated rings. The molecule has 0 aliphatic carbocycles. The minimum Gasteiger partial charge on any atom is -0.378 e. The number of fused-ring (bicyclic) bond motifs is 1. The molecule has 2 aromatic rings. The fourth-order valence-electron chi connectivity index (χ4n) is 3.42. The summed E-state index contributed by atoms with van der Waals surface area (Å²) in [5, 5.41) is 17.6. The fourth-order valence-corrected chi connectivity index (χ4v) is 4.06. The molecule has 0 radical (unpaired) electrons. The zero-order valence-electron chi connectivity index (χ0n) is 17.0. The van der Waals surface area contributed by atoms with Gasteiger partial charge in [0.05, 0.1) is 9.82 Å². The van der Waals surface area contributed by atoms with Crippen molar-refractivity contribution in [3.8, 4) is 0 Å². The van der Waals surface area contributed by atoms with Crippen LogP contribution in [0.5, 0.6) is 0 Å². The van der Waals surface area contributed by atoms with Gasteiger partial charge in [0.2, 0.25) is 0 Å². The van der Waals surface area contributed by atoms with Gasteiger partial charge in [0.15, 0.2) is 15.8 Å². The Morgan fingerprint density at radius 3 is 2.60 bits per heavy atom. The molecule has 0 aromatic heterocycles. The van der Waals surface area contributed by atoms with E-state index >= 15 is 0 Å². The van der Waals surface area contributed by atoms with E-state index in [0.29, 0.717) is 13.1 Å². The number of sulfone groups is 1. The van der Waals surface area contributed by atoms with Crippen LogP contribution < -0.4 is 10.6 Å². The van der Waals surface area contributed by atoms with E-state index in [9.17, 15) is 18.5 Å². The first-order chi connectivity index (χ1) is 14.3. The zero-order chi connectivity index (χ0) is 21.7. The molecule has 9 nitrogen and oxygen atoms in total. The lowest BCUT2D eigenvalue weighted by atomic mass is 10.0. The van der Waals surface area contributed by atoms with Gasteiger partial charge in [0.1, 0.15) is 5.69 Å². The predicted octanol–water partition coefficient (Wildman–Crippen LogP) is 2.04. The average Bonchev–Trinajstić information content (AvgIpc) is 2.72. The topological polar surface area (TPSA) is 117 Å². The van der Waals surface area contributed by atoms with Gasteiger partial charge in [0.25, 0.3) is 5.69 Å². The van der Waals surface area contributed by atoms with Gasteiger partial charge in [0, 0.05) is 45.5 Å². The number of aliphatic imine (C=N–C) groups is 1. The number of guanidine groups is 1. The van der Waals surface area contributed by atoms with Crippen LogP contribution >= 0.6 is 0 Å². The first-order valence-corrected chi connectivity index (χ1v) is 11.4. The molecule has 0 amide bonds. The lowest BCUT2D eigenvalue weighted by molar-refractivity contribution is -0.384. The Bertz CT molecular complexity index is 1070. The van der Waals surface area contributed by atoms with Gasteiger partial charge in [-0.05, 0) is 29.7 Å². The van der Waals surface area contributed by atoms with Crippen LogP contribution in [0.25, 0.3) is 0 Å². The van der Waals surface area contributed by atoms with E-state index in [-0.39, 0.29) is 16.3 Å². The Balaban J connectivity index is 1.58. The summed E-state index contributed by atoms with van der Waals surface area (Å²) in [4.78, 5) is 17.2. The molecule has 10 heteroatoms. The number of hydrogen-bond donors (Lipinski definition) is 2. The Labute approximate surface area is 175 Å². The third-order valence-electron chi connectivity index (χ3n) is 4.96. The van der Waals surface area contributed by atoms with E-state index in [1.165, 1.54) is 23.3 Å². The molecule has 1 aliphatic heterocycles. The average molecular weight is 432 g/mol. The molecule has 2 aromatic carbocycles. The number of nitro groups is 1. The summed E-state index contributed by atoms with van der Waals surface area (Å²) in [6.07, 6.45) is 1.97. The van der Waals surface area contributed by atoms with Gasteiger partial charge < -0.3 is 15.5 Å². The number of nitrogens with one attached hydrogen (secondary N) is 2. The maximum Gasteiger partial charge on any atom is 0.293 e. The molecule has 30 heavy (non-hydrogen) atoms. The van der Waals surface area contributed by atoms with E-state index in [0.717, 1.165) is 37.8 Å². The van der Waals surface area contributed by atoms with E-state index in [1.54, 1.807) is 7.05 Å². The first-order valence-electron chi connectivity index (χ1n) is 9.54. The van der Waals surface area contributed by atoms with Crippen molar-refractivity contribution in [3.05, 3.63) is 63.7 Å². The Morgan fingerprint density at radius 2 is 1.93 bits per heavy atom. The van der Waals surface area contributed by atoms with Gasteiger partial charge >= 0.3 is 0 Å². The normalized spacial score (nSPS) is 14.2. The molecule has 3 rings (SSSR count). The summed E-state index contributed by atoms with van der Waals surface area (Å²) in [7, 11) is -1.79. The second-order valence-electron chi connectivity index (χ2n) is 7.05. The highest BCUT2D eigenvalue weighted by Gasteiger charge is 2.20. The van der Waals surface area contributed by atoms with Crippen LogP contribution in [0.2, 0.25) is 0 Å². The number of nitro benzene ring substituents is 1. The molecule has 1 heterocycles. The summed E-state index contributed by atoms with van der Waals surface area (Å²) in [5.74, 6) is 0.772. The summed E-state index contributed by atoms with van der Waals surface area (Å²) in [6, 6.07) is 12.2. The second-order valence-corrected chi connectivity index (χ2v) is 9.06. The Kier molecular flexibility index (Phi) is 6.56. The lowest BCUT2D eigenvalue weighted by Gasteiger charge is -2.31. The zero-order valence-corrected chi connectivity index (χ0v) is 17.8. The molecule has 0 unspecified atom stereocenters. The van der Waals surface area contributed by atoms with Gasteiger partial charge in [-0.25, -0.2) is 8.42 Å². The van der Waals surface area contributed by atoms with Crippen LogP contribution in [0.3, 0.4) is 0 Å². The highest BCUT2D eigenvalue weighted by molar-refractivity contribution is 7.90. The van der Waals surface area contributed by atoms with Crippen molar-refractivity contribution in [1.82, 2.24) is 10.2 Å². The highest BCUT2D eigenvalue weighted by Crippen LogP contribution is 2.27. The van der Waals surface area contributed by atoms with Gasteiger partial charge in [-0.3, -0.25) is 15.1 Å². The van der Waals surface area contributed by atoms with Crippen molar-refractivity contribution in [2.45, 2.75) is 17.9 Å². The summed E-state index contributed by atoms with van der Waals surface area (Å²) in [5.41, 5.74) is 2.65. The van der Waals surface area contributed by atoms with Crippen LogP contribution in [0, 0.1) is 10.1 Å². The Morgan fingerprint density at radius 1 is 1.20 bits per heavy atom. The minimum absolute atomic E-state index is 0.0799. The molecule has 160 valence electrons. The van der Waals surface area contributed by atoms with E-state index in [4.69, 9.17) is 0 Å². The summed E-state index contributed by atoms with van der Waals surface area (Å²) >= 11 is 0. The van der Waals surface area contributed by atoms with Crippen LogP contribution in [0.1, 0.15) is 11.1 Å². The highest BCUT2D eigenvalue weighted by atomic mass is 32.2. The van der Waals surface area contributed by atoms with Crippen molar-refractivity contribution in [2.75, 3.05) is 38.3 Å². The summed E-state index contributed by atoms with van der Waals surface area (Å²) in [6.45, 7) is 2.54. The quantitative estimate of drug-likeness (QED) is 0.236. The first kappa shape index (κ1) is 21.6.